The number of carboxylic acids is 1. The molecule has 28 heavy (non-hydrogen) atoms. The minimum Gasteiger partial charge on any atom is -0.478 e. The number of nitrogens with zero attached hydrogens (tertiary/aromatic N) is 1. The summed E-state index contributed by atoms with van der Waals surface area (Å²) in [5, 5.41) is 13.3. The molecule has 0 saturated carbocycles. The van der Waals surface area contributed by atoms with Gasteiger partial charge in [0, 0.05) is 36.8 Å². The molecule has 1 amide bonds. The minimum absolute atomic E-state index is 0.0775. The Morgan fingerprint density at radius 1 is 1.43 bits per heavy atom. The van der Waals surface area contributed by atoms with Crippen molar-refractivity contribution in [1.29, 1.82) is 0 Å². The van der Waals surface area contributed by atoms with Gasteiger partial charge < -0.3 is 24.8 Å². The highest BCUT2D eigenvalue weighted by Crippen LogP contribution is 2.37. The summed E-state index contributed by atoms with van der Waals surface area (Å²) < 4.78 is 11.8. The molecule has 0 radical (unpaired) electrons. The van der Waals surface area contributed by atoms with Crippen LogP contribution in [0, 0.1) is 6.92 Å². The molecule has 0 aromatic heterocycles. The fraction of sp³-hybridized carbons (Fsp3) is 0.579. The molecule has 1 saturated heterocycles. The standard InChI is InChI=1S/C19H26BrClN2O5/c1-10-14(11(17(24)25)8-12(21)15(10)20)16(27-5)13-9-23(7-6-22-13)18(26)28-19(2,3)4/h8,13,16,22H,6-7,9H2,1-5H3,(H,24,25)/t13-,16?/m1/s1. The third-order valence-corrected chi connectivity index (χ3v) is 6.04. The highest BCUT2D eigenvalue weighted by Gasteiger charge is 2.35. The van der Waals surface area contributed by atoms with Crippen molar-refractivity contribution in [1.82, 2.24) is 10.2 Å². The van der Waals surface area contributed by atoms with Crippen LogP contribution >= 0.6 is 27.5 Å². The highest BCUT2D eigenvalue weighted by molar-refractivity contribution is 9.10. The molecule has 1 unspecified atom stereocenters. The summed E-state index contributed by atoms with van der Waals surface area (Å²) in [6, 6.07) is 1.10. The molecule has 0 bridgehead atoms. The fourth-order valence-electron chi connectivity index (χ4n) is 3.27. The zero-order chi connectivity index (χ0) is 21.2. The summed E-state index contributed by atoms with van der Waals surface area (Å²) in [6.07, 6.45) is -0.994. The number of carboxylic acid groups (broad SMARTS) is 1. The molecule has 1 fully saturated rings. The molecule has 0 aliphatic carbocycles. The van der Waals surface area contributed by atoms with Crippen LogP contribution in [0.4, 0.5) is 4.79 Å². The van der Waals surface area contributed by atoms with E-state index in [0.717, 1.165) is 0 Å². The van der Waals surface area contributed by atoms with Crippen molar-refractivity contribution in [2.75, 3.05) is 26.7 Å². The maximum atomic E-state index is 12.5. The second kappa shape index (κ2) is 8.98. The van der Waals surface area contributed by atoms with Crippen LogP contribution in [0.3, 0.4) is 0 Å². The molecule has 2 atom stereocenters. The van der Waals surface area contributed by atoms with Crippen LogP contribution in [0.5, 0.6) is 0 Å². The van der Waals surface area contributed by atoms with E-state index >= 15 is 0 Å². The maximum Gasteiger partial charge on any atom is 0.410 e. The number of amides is 1. The molecule has 1 aliphatic heterocycles. The van der Waals surface area contributed by atoms with Gasteiger partial charge in [0.15, 0.2) is 0 Å². The van der Waals surface area contributed by atoms with Crippen LogP contribution in [0.1, 0.15) is 48.4 Å². The first-order valence-corrected chi connectivity index (χ1v) is 10.1. The summed E-state index contributed by atoms with van der Waals surface area (Å²) in [5.41, 5.74) is 0.697. The first kappa shape index (κ1) is 22.9. The van der Waals surface area contributed by atoms with Crippen molar-refractivity contribution in [2.45, 2.75) is 45.4 Å². The molecule has 1 aromatic carbocycles. The van der Waals surface area contributed by atoms with Crippen molar-refractivity contribution in [3.8, 4) is 0 Å². The SMILES string of the molecule is COC(c1c(C(=O)O)cc(Cl)c(Br)c1C)[C@H]1CN(C(=O)OC(C)(C)C)CCN1. The van der Waals surface area contributed by atoms with Gasteiger partial charge in [-0.25, -0.2) is 9.59 Å². The Labute approximate surface area is 178 Å². The van der Waals surface area contributed by atoms with Gasteiger partial charge in [-0.05, 0) is 55.3 Å². The first-order chi connectivity index (χ1) is 13.0. The molecule has 0 spiro atoms. The number of nitrogens with one attached hydrogen (secondary N) is 1. The van der Waals surface area contributed by atoms with Gasteiger partial charge in [-0.1, -0.05) is 11.6 Å². The summed E-state index contributed by atoms with van der Waals surface area (Å²) >= 11 is 9.58. The molecule has 2 rings (SSSR count). The molecular weight excluding hydrogens is 452 g/mol. The number of halogens is 2. The molecule has 9 heteroatoms. The van der Waals surface area contributed by atoms with Crippen LogP contribution < -0.4 is 5.32 Å². The van der Waals surface area contributed by atoms with E-state index in [1.54, 1.807) is 11.8 Å². The number of hydrogen-bond acceptors (Lipinski definition) is 5. The zero-order valence-electron chi connectivity index (χ0n) is 16.6. The molecule has 7 nitrogen and oxygen atoms in total. The number of carbonyl (C=O) groups excluding carboxylic acids is 1. The lowest BCUT2D eigenvalue weighted by Gasteiger charge is -2.38. The lowest BCUT2D eigenvalue weighted by atomic mass is 9.91. The third kappa shape index (κ3) is 5.17. The second-order valence-corrected chi connectivity index (χ2v) is 8.91. The van der Waals surface area contributed by atoms with Crippen LogP contribution in [0.15, 0.2) is 10.5 Å². The zero-order valence-corrected chi connectivity index (χ0v) is 19.0. The Kier molecular flexibility index (Phi) is 7.36. The molecule has 2 N–H and O–H groups in total. The highest BCUT2D eigenvalue weighted by atomic mass is 79.9. The lowest BCUT2D eigenvalue weighted by molar-refractivity contribution is 0.00322. The Bertz CT molecular complexity index is 766. The van der Waals surface area contributed by atoms with Crippen molar-refractivity contribution < 1.29 is 24.2 Å². The van der Waals surface area contributed by atoms with E-state index in [-0.39, 0.29) is 11.6 Å². The van der Waals surface area contributed by atoms with Gasteiger partial charge in [-0.15, -0.1) is 0 Å². The number of hydrogen-bond donors (Lipinski definition) is 2. The van der Waals surface area contributed by atoms with E-state index in [1.807, 2.05) is 20.8 Å². The van der Waals surface area contributed by atoms with E-state index in [2.05, 4.69) is 21.2 Å². The summed E-state index contributed by atoms with van der Waals surface area (Å²) in [7, 11) is 1.52. The van der Waals surface area contributed by atoms with Gasteiger partial charge in [0.2, 0.25) is 0 Å². The number of benzene rings is 1. The maximum absolute atomic E-state index is 12.5. The summed E-state index contributed by atoms with van der Waals surface area (Å²) in [4.78, 5) is 25.9. The Balaban J connectivity index is 2.37. The molecule has 156 valence electrons. The smallest absolute Gasteiger partial charge is 0.410 e. The average Bonchev–Trinajstić information content (AvgIpc) is 2.60. The second-order valence-electron chi connectivity index (χ2n) is 7.71. The first-order valence-electron chi connectivity index (χ1n) is 8.92. The van der Waals surface area contributed by atoms with E-state index in [0.29, 0.717) is 40.3 Å². The average molecular weight is 478 g/mol. The monoisotopic (exact) mass is 476 g/mol. The molecule has 1 aliphatic rings. The van der Waals surface area contributed by atoms with Gasteiger partial charge in [0.05, 0.1) is 16.6 Å². The number of ether oxygens (including phenoxy) is 2. The molecule has 1 aromatic rings. The Morgan fingerprint density at radius 2 is 2.07 bits per heavy atom. The van der Waals surface area contributed by atoms with Gasteiger partial charge in [-0.2, -0.15) is 0 Å². The largest absolute Gasteiger partial charge is 0.478 e. The summed E-state index contributed by atoms with van der Waals surface area (Å²) in [5.74, 6) is -1.09. The van der Waals surface area contributed by atoms with Crippen LogP contribution in [0.25, 0.3) is 0 Å². The molecular formula is C19H26BrClN2O5. The Hall–Kier alpha value is -1.35. The van der Waals surface area contributed by atoms with Crippen molar-refractivity contribution in [2.24, 2.45) is 0 Å². The van der Waals surface area contributed by atoms with Crippen molar-refractivity contribution >= 4 is 39.6 Å². The normalized spacial score (nSPS) is 18.7. The minimum atomic E-state index is -1.09. The predicted octanol–water partition coefficient (Wildman–Crippen LogP) is 4.01. The topological polar surface area (TPSA) is 88.1 Å². The van der Waals surface area contributed by atoms with E-state index in [9.17, 15) is 14.7 Å². The quantitative estimate of drug-likeness (QED) is 0.681. The van der Waals surface area contributed by atoms with E-state index in [4.69, 9.17) is 21.1 Å². The van der Waals surface area contributed by atoms with Crippen LogP contribution in [-0.4, -0.2) is 60.5 Å². The number of aromatic carboxylic acids is 1. The lowest BCUT2D eigenvalue weighted by Crippen LogP contribution is -2.56. The predicted molar refractivity (Wildman–Crippen MR) is 110 cm³/mol. The number of rotatable bonds is 4. The number of carbonyl (C=O) groups is 2. The summed E-state index contributed by atoms with van der Waals surface area (Å²) in [6.45, 7) is 8.60. The van der Waals surface area contributed by atoms with E-state index < -0.39 is 23.8 Å². The molecule has 1 heterocycles. The van der Waals surface area contributed by atoms with Gasteiger partial charge >= 0.3 is 12.1 Å². The van der Waals surface area contributed by atoms with E-state index in [1.165, 1.54) is 13.2 Å². The third-order valence-electron chi connectivity index (χ3n) is 4.50. The van der Waals surface area contributed by atoms with Gasteiger partial charge in [0.1, 0.15) is 11.7 Å². The number of methoxy groups -OCH3 is 1. The van der Waals surface area contributed by atoms with Crippen molar-refractivity contribution in [3.05, 3.63) is 32.3 Å². The number of piperazine rings is 1. The van der Waals surface area contributed by atoms with Gasteiger partial charge in [-0.3, -0.25) is 0 Å². The Morgan fingerprint density at radius 3 is 2.61 bits per heavy atom. The van der Waals surface area contributed by atoms with Crippen molar-refractivity contribution in [3.63, 3.8) is 0 Å². The van der Waals surface area contributed by atoms with Crippen LogP contribution in [0.2, 0.25) is 5.02 Å². The fourth-order valence-corrected chi connectivity index (χ4v) is 3.85. The van der Waals surface area contributed by atoms with Gasteiger partial charge in [0.25, 0.3) is 0 Å². The van der Waals surface area contributed by atoms with Crippen LogP contribution in [-0.2, 0) is 9.47 Å².